The van der Waals surface area contributed by atoms with Crippen LogP contribution in [-0.2, 0) is 0 Å². The van der Waals surface area contributed by atoms with Gasteiger partial charge in [0.1, 0.15) is 6.10 Å². The summed E-state index contributed by atoms with van der Waals surface area (Å²) in [6.07, 6.45) is -1.05. The van der Waals surface area contributed by atoms with E-state index < -0.39 is 17.7 Å². The first-order valence-electron chi connectivity index (χ1n) is 5.07. The van der Waals surface area contributed by atoms with Crippen molar-refractivity contribution in [2.24, 2.45) is 0 Å². The summed E-state index contributed by atoms with van der Waals surface area (Å²) >= 11 is 8.68. The van der Waals surface area contributed by atoms with Crippen LogP contribution < -0.4 is 0 Å². The summed E-state index contributed by atoms with van der Waals surface area (Å²) in [5.41, 5.74) is 0.808. The smallest absolute Gasteiger partial charge is 0.173 e. The molecule has 0 heterocycles. The molecule has 0 aliphatic carbocycles. The number of aliphatic hydroxyl groups excluding tert-OH is 1. The molecule has 0 radical (unpaired) electrons. The number of aliphatic hydroxyl groups is 1. The Balaban J connectivity index is 2.43. The zero-order valence-electron chi connectivity index (χ0n) is 9.00. The zero-order valence-corrected chi connectivity index (χ0v) is 11.3. The van der Waals surface area contributed by atoms with Gasteiger partial charge in [-0.1, -0.05) is 29.8 Å². The van der Waals surface area contributed by atoms with E-state index in [0.717, 1.165) is 6.07 Å². The Morgan fingerprint density at radius 3 is 2.28 bits per heavy atom. The lowest BCUT2D eigenvalue weighted by Gasteiger charge is -2.14. The van der Waals surface area contributed by atoms with E-state index in [1.807, 2.05) is 0 Å². The fraction of sp³-hybridized carbons (Fsp3) is 0.0769. The van der Waals surface area contributed by atoms with Crippen molar-refractivity contribution in [1.82, 2.24) is 0 Å². The summed E-state index contributed by atoms with van der Waals surface area (Å²) in [5, 5.41) is 10.7. The maximum absolute atomic E-state index is 13.4. The van der Waals surface area contributed by atoms with Crippen LogP contribution in [0.2, 0.25) is 5.02 Å². The van der Waals surface area contributed by atoms with Crippen LogP contribution in [0.5, 0.6) is 0 Å². The highest BCUT2D eigenvalue weighted by Gasteiger charge is 2.18. The van der Waals surface area contributed by atoms with Gasteiger partial charge in [-0.05, 0) is 39.7 Å². The Morgan fingerprint density at radius 2 is 1.67 bits per heavy atom. The van der Waals surface area contributed by atoms with Crippen molar-refractivity contribution < 1.29 is 13.9 Å². The molecule has 1 unspecified atom stereocenters. The van der Waals surface area contributed by atoms with Gasteiger partial charge in [0.2, 0.25) is 0 Å². The van der Waals surface area contributed by atoms with Crippen molar-refractivity contribution in [3.05, 3.63) is 68.7 Å². The van der Waals surface area contributed by atoms with Gasteiger partial charge in [-0.3, -0.25) is 0 Å². The van der Waals surface area contributed by atoms with Crippen LogP contribution in [0.15, 0.2) is 40.9 Å². The fourth-order valence-electron chi connectivity index (χ4n) is 1.58. The SMILES string of the molecule is OC(c1ccc(Cl)cc1)c1ccc(F)c(F)c1Br. The number of hydrogen-bond donors (Lipinski definition) is 1. The first-order chi connectivity index (χ1) is 8.50. The molecular formula is C13H8BrClF2O. The van der Waals surface area contributed by atoms with E-state index in [1.165, 1.54) is 6.07 Å². The monoisotopic (exact) mass is 332 g/mol. The summed E-state index contributed by atoms with van der Waals surface area (Å²) in [6, 6.07) is 8.81. The first-order valence-corrected chi connectivity index (χ1v) is 6.24. The van der Waals surface area contributed by atoms with E-state index in [0.29, 0.717) is 10.6 Å². The quantitative estimate of drug-likeness (QED) is 0.804. The third-order valence-corrected chi connectivity index (χ3v) is 3.60. The van der Waals surface area contributed by atoms with Gasteiger partial charge in [0, 0.05) is 10.6 Å². The van der Waals surface area contributed by atoms with Crippen LogP contribution >= 0.6 is 27.5 Å². The van der Waals surface area contributed by atoms with Crippen LogP contribution in [0.25, 0.3) is 0 Å². The van der Waals surface area contributed by atoms with Crippen LogP contribution in [0.1, 0.15) is 17.2 Å². The molecule has 0 aliphatic heterocycles. The van der Waals surface area contributed by atoms with Crippen molar-refractivity contribution in [1.29, 1.82) is 0 Å². The number of hydrogen-bond acceptors (Lipinski definition) is 1. The maximum atomic E-state index is 13.4. The highest BCUT2D eigenvalue weighted by Crippen LogP contribution is 2.31. The molecule has 94 valence electrons. The Bertz CT molecular complexity index is 572. The summed E-state index contributed by atoms with van der Waals surface area (Å²) in [4.78, 5) is 0. The molecule has 5 heteroatoms. The minimum absolute atomic E-state index is 0.0787. The highest BCUT2D eigenvalue weighted by atomic mass is 79.9. The minimum Gasteiger partial charge on any atom is -0.384 e. The molecule has 0 aliphatic rings. The highest BCUT2D eigenvalue weighted by molar-refractivity contribution is 9.10. The van der Waals surface area contributed by atoms with E-state index in [2.05, 4.69) is 15.9 Å². The third-order valence-electron chi connectivity index (χ3n) is 2.55. The number of halogens is 4. The number of rotatable bonds is 2. The molecule has 0 saturated carbocycles. The Labute approximate surface area is 116 Å². The number of benzene rings is 2. The van der Waals surface area contributed by atoms with Crippen LogP contribution in [0, 0.1) is 11.6 Å². The van der Waals surface area contributed by atoms with Crippen LogP contribution in [0.3, 0.4) is 0 Å². The Kier molecular flexibility index (Phi) is 4.00. The third kappa shape index (κ3) is 2.55. The molecule has 0 aromatic heterocycles. The van der Waals surface area contributed by atoms with Gasteiger partial charge in [-0.2, -0.15) is 0 Å². The summed E-state index contributed by atoms with van der Waals surface area (Å²) in [7, 11) is 0. The van der Waals surface area contributed by atoms with Crippen molar-refractivity contribution >= 4 is 27.5 Å². The minimum atomic E-state index is -1.05. The van der Waals surface area contributed by atoms with Gasteiger partial charge in [0.25, 0.3) is 0 Å². The molecule has 0 spiro atoms. The normalized spacial score (nSPS) is 12.5. The van der Waals surface area contributed by atoms with E-state index in [-0.39, 0.29) is 10.0 Å². The average Bonchev–Trinajstić information content (AvgIpc) is 2.36. The Morgan fingerprint density at radius 1 is 1.06 bits per heavy atom. The van der Waals surface area contributed by atoms with Crippen molar-refractivity contribution in [3.8, 4) is 0 Å². The molecule has 2 rings (SSSR count). The summed E-state index contributed by atoms with van der Waals surface area (Å²) in [5.74, 6) is -1.98. The van der Waals surface area contributed by atoms with E-state index in [1.54, 1.807) is 24.3 Å². The fourth-order valence-corrected chi connectivity index (χ4v) is 2.24. The topological polar surface area (TPSA) is 20.2 Å². The zero-order chi connectivity index (χ0) is 13.3. The summed E-state index contributed by atoms with van der Waals surface area (Å²) < 4.78 is 26.3. The van der Waals surface area contributed by atoms with Crippen LogP contribution in [0.4, 0.5) is 8.78 Å². The molecule has 0 bridgehead atoms. The summed E-state index contributed by atoms with van der Waals surface area (Å²) in [6.45, 7) is 0. The van der Waals surface area contributed by atoms with Crippen LogP contribution in [-0.4, -0.2) is 5.11 Å². The van der Waals surface area contributed by atoms with Gasteiger partial charge in [0.05, 0.1) is 4.47 Å². The second-order valence-electron chi connectivity index (χ2n) is 3.72. The molecular weight excluding hydrogens is 325 g/mol. The lowest BCUT2D eigenvalue weighted by atomic mass is 10.0. The molecule has 2 aromatic carbocycles. The van der Waals surface area contributed by atoms with E-state index in [9.17, 15) is 13.9 Å². The molecule has 0 fully saturated rings. The van der Waals surface area contributed by atoms with E-state index in [4.69, 9.17) is 11.6 Å². The maximum Gasteiger partial charge on any atom is 0.173 e. The van der Waals surface area contributed by atoms with E-state index >= 15 is 0 Å². The lowest BCUT2D eigenvalue weighted by molar-refractivity contribution is 0.218. The standard InChI is InChI=1S/C13H8BrClF2O/c14-11-9(5-6-10(16)12(11)17)13(18)7-1-3-8(15)4-2-7/h1-6,13,18H. The molecule has 2 aromatic rings. The lowest BCUT2D eigenvalue weighted by Crippen LogP contribution is -2.02. The van der Waals surface area contributed by atoms with Gasteiger partial charge in [0.15, 0.2) is 11.6 Å². The second kappa shape index (κ2) is 5.34. The van der Waals surface area contributed by atoms with Crippen molar-refractivity contribution in [2.45, 2.75) is 6.10 Å². The first kappa shape index (κ1) is 13.5. The largest absolute Gasteiger partial charge is 0.384 e. The molecule has 0 amide bonds. The molecule has 1 atom stereocenters. The van der Waals surface area contributed by atoms with Gasteiger partial charge in [-0.25, -0.2) is 8.78 Å². The average molecular weight is 334 g/mol. The van der Waals surface area contributed by atoms with Crippen molar-refractivity contribution in [2.75, 3.05) is 0 Å². The van der Waals surface area contributed by atoms with Crippen molar-refractivity contribution in [3.63, 3.8) is 0 Å². The molecule has 0 saturated heterocycles. The van der Waals surface area contributed by atoms with Gasteiger partial charge in [-0.15, -0.1) is 0 Å². The predicted octanol–water partition coefficient (Wildman–Crippen LogP) is 4.46. The predicted molar refractivity (Wildman–Crippen MR) is 69.6 cm³/mol. The molecule has 18 heavy (non-hydrogen) atoms. The molecule has 1 nitrogen and oxygen atoms in total. The second-order valence-corrected chi connectivity index (χ2v) is 4.95. The van der Waals surface area contributed by atoms with Gasteiger partial charge >= 0.3 is 0 Å². The molecule has 1 N–H and O–H groups in total. The Hall–Kier alpha value is -0.970. The van der Waals surface area contributed by atoms with Gasteiger partial charge < -0.3 is 5.11 Å².